The maximum atomic E-state index is 9.90. The molecule has 0 saturated heterocycles. The van der Waals surface area contributed by atoms with Crippen LogP contribution >= 0.6 is 0 Å². The minimum absolute atomic E-state index is 0.469. The average Bonchev–Trinajstić information content (AvgIpc) is 2.04. The smallest absolute Gasteiger partial charge is 0.417 e. The first-order valence-electron chi connectivity index (χ1n) is 4.62. The second-order valence-corrected chi connectivity index (χ2v) is 3.69. The zero-order valence-corrected chi connectivity index (χ0v) is 8.46. The van der Waals surface area contributed by atoms with Crippen molar-refractivity contribution in [2.24, 2.45) is 17.8 Å². The molecule has 0 aliphatic rings. The van der Waals surface area contributed by atoms with Crippen LogP contribution in [0, 0.1) is 17.8 Å². The van der Waals surface area contributed by atoms with Gasteiger partial charge in [-0.3, -0.25) is 0 Å². The molecular weight excluding hydrogens is 152 g/mol. The molecule has 71 valence electrons. The zero-order valence-electron chi connectivity index (χ0n) is 8.46. The van der Waals surface area contributed by atoms with E-state index in [1.165, 1.54) is 6.47 Å². The Labute approximate surface area is 75.3 Å². The van der Waals surface area contributed by atoms with Crippen molar-refractivity contribution in [3.8, 4) is 0 Å². The number of hydrogen-bond acceptors (Lipinski definition) is 2. The lowest BCUT2D eigenvalue weighted by Crippen LogP contribution is -2.22. The van der Waals surface area contributed by atoms with E-state index in [9.17, 15) is 4.79 Å². The molecule has 0 bridgehead atoms. The van der Waals surface area contributed by atoms with Crippen LogP contribution in [0.25, 0.3) is 0 Å². The Morgan fingerprint density at radius 3 is 2.25 bits per heavy atom. The van der Waals surface area contributed by atoms with Crippen molar-refractivity contribution in [3.63, 3.8) is 0 Å². The summed E-state index contributed by atoms with van der Waals surface area (Å²) in [4.78, 5) is 9.90. The number of hydrogen-bond donors (Lipinski definition) is 0. The summed E-state index contributed by atoms with van der Waals surface area (Å²) in [6.07, 6.45) is 1.13. The van der Waals surface area contributed by atoms with E-state index in [0.717, 1.165) is 6.42 Å². The monoisotopic (exact) mass is 171 g/mol. The second kappa shape index (κ2) is 6.04. The van der Waals surface area contributed by atoms with Crippen LogP contribution in [0.2, 0.25) is 0 Å². The third-order valence-corrected chi connectivity index (χ3v) is 2.57. The van der Waals surface area contributed by atoms with Gasteiger partial charge in [0, 0.05) is 0 Å². The Hall–Kier alpha value is -0.530. The highest BCUT2D eigenvalue weighted by Gasteiger charge is 2.19. The van der Waals surface area contributed by atoms with Crippen LogP contribution in [-0.4, -0.2) is 13.1 Å². The summed E-state index contributed by atoms with van der Waals surface area (Å²) in [6, 6.07) is 0. The fraction of sp³-hybridized carbons (Fsp3) is 0.900. The van der Waals surface area contributed by atoms with Gasteiger partial charge in [0.2, 0.25) is 0 Å². The summed E-state index contributed by atoms with van der Waals surface area (Å²) >= 11 is 0. The number of ether oxygens (including phenoxy) is 1. The molecule has 0 amide bonds. The molecule has 0 aromatic heterocycles. The molecule has 0 aliphatic heterocycles. The summed E-state index contributed by atoms with van der Waals surface area (Å²) in [5.41, 5.74) is 0. The van der Waals surface area contributed by atoms with E-state index >= 15 is 0 Å². The predicted octanol–water partition coefficient (Wildman–Crippen LogP) is 2.39. The minimum atomic E-state index is 0.469. The summed E-state index contributed by atoms with van der Waals surface area (Å²) < 4.78 is 4.67. The van der Waals surface area contributed by atoms with Crippen LogP contribution in [0.5, 0.6) is 0 Å². The van der Waals surface area contributed by atoms with Crippen molar-refractivity contribution >= 4 is 6.47 Å². The topological polar surface area (TPSA) is 26.3 Å². The summed E-state index contributed by atoms with van der Waals surface area (Å²) in [5.74, 6) is 1.64. The molecule has 0 rings (SSSR count). The SMILES string of the molecule is CCC(C)C(CO[C]=O)C(C)C. The Morgan fingerprint density at radius 1 is 1.33 bits per heavy atom. The molecule has 2 atom stereocenters. The van der Waals surface area contributed by atoms with Crippen LogP contribution in [0.3, 0.4) is 0 Å². The van der Waals surface area contributed by atoms with E-state index in [4.69, 9.17) is 0 Å². The van der Waals surface area contributed by atoms with Crippen molar-refractivity contribution in [1.82, 2.24) is 0 Å². The predicted molar refractivity (Wildman–Crippen MR) is 49.4 cm³/mol. The largest absolute Gasteiger partial charge is 0.457 e. The van der Waals surface area contributed by atoms with Crippen molar-refractivity contribution in [3.05, 3.63) is 0 Å². The van der Waals surface area contributed by atoms with E-state index in [0.29, 0.717) is 24.4 Å². The van der Waals surface area contributed by atoms with Crippen LogP contribution < -0.4 is 0 Å². The molecular formula is C10H19O2. The van der Waals surface area contributed by atoms with Gasteiger partial charge in [-0.2, -0.15) is 0 Å². The highest BCUT2D eigenvalue weighted by atomic mass is 16.5. The number of carbonyl (C=O) groups excluding carboxylic acids is 1. The van der Waals surface area contributed by atoms with E-state index in [2.05, 4.69) is 32.4 Å². The lowest BCUT2D eigenvalue weighted by molar-refractivity contribution is 0.143. The normalized spacial score (nSPS) is 15.8. The van der Waals surface area contributed by atoms with Gasteiger partial charge in [0.05, 0.1) is 6.61 Å². The molecule has 2 nitrogen and oxygen atoms in total. The van der Waals surface area contributed by atoms with Crippen LogP contribution in [-0.2, 0) is 9.53 Å². The minimum Gasteiger partial charge on any atom is -0.457 e. The first-order chi connectivity index (χ1) is 5.63. The molecule has 2 heteroatoms. The third kappa shape index (κ3) is 3.74. The standard InChI is InChI=1S/C10H19O2/c1-5-9(4)10(8(2)3)6-12-7-11/h8-10H,5-6H2,1-4H3. The van der Waals surface area contributed by atoms with Gasteiger partial charge in [0.25, 0.3) is 0 Å². The maximum absolute atomic E-state index is 9.90. The van der Waals surface area contributed by atoms with Gasteiger partial charge < -0.3 is 4.74 Å². The Balaban J connectivity index is 3.93. The zero-order chi connectivity index (χ0) is 9.56. The summed E-state index contributed by atoms with van der Waals surface area (Å²) in [6.45, 7) is 10.7. The molecule has 0 saturated carbocycles. The van der Waals surface area contributed by atoms with E-state index in [1.807, 2.05) is 0 Å². The number of rotatable bonds is 6. The molecule has 0 aromatic carbocycles. The second-order valence-electron chi connectivity index (χ2n) is 3.69. The van der Waals surface area contributed by atoms with Crippen molar-refractivity contribution in [1.29, 1.82) is 0 Å². The van der Waals surface area contributed by atoms with Gasteiger partial charge in [-0.1, -0.05) is 34.1 Å². The first-order valence-corrected chi connectivity index (χ1v) is 4.62. The van der Waals surface area contributed by atoms with E-state index in [-0.39, 0.29) is 0 Å². The molecule has 2 unspecified atom stereocenters. The summed E-state index contributed by atoms with van der Waals surface area (Å²) in [7, 11) is 0. The third-order valence-electron chi connectivity index (χ3n) is 2.57. The molecule has 0 spiro atoms. The quantitative estimate of drug-likeness (QED) is 0.613. The van der Waals surface area contributed by atoms with Crippen molar-refractivity contribution < 1.29 is 9.53 Å². The average molecular weight is 171 g/mol. The molecule has 12 heavy (non-hydrogen) atoms. The lowest BCUT2D eigenvalue weighted by atomic mass is 9.84. The van der Waals surface area contributed by atoms with E-state index < -0.39 is 0 Å². The molecule has 1 radical (unpaired) electrons. The maximum Gasteiger partial charge on any atom is 0.417 e. The van der Waals surface area contributed by atoms with Gasteiger partial charge in [-0.05, 0) is 17.8 Å². The van der Waals surface area contributed by atoms with Crippen molar-refractivity contribution in [2.45, 2.75) is 34.1 Å². The fourth-order valence-electron chi connectivity index (χ4n) is 1.45. The Kier molecular flexibility index (Phi) is 5.77. The van der Waals surface area contributed by atoms with Gasteiger partial charge in [0.1, 0.15) is 0 Å². The fourth-order valence-corrected chi connectivity index (χ4v) is 1.45. The Morgan fingerprint density at radius 2 is 1.92 bits per heavy atom. The van der Waals surface area contributed by atoms with Gasteiger partial charge in [-0.25, -0.2) is 4.79 Å². The molecule has 0 fully saturated rings. The molecule has 0 aliphatic carbocycles. The van der Waals surface area contributed by atoms with Crippen molar-refractivity contribution in [2.75, 3.05) is 6.61 Å². The van der Waals surface area contributed by atoms with Crippen LogP contribution in [0.1, 0.15) is 34.1 Å². The van der Waals surface area contributed by atoms with Gasteiger partial charge in [0.15, 0.2) is 0 Å². The highest BCUT2D eigenvalue weighted by Crippen LogP contribution is 2.23. The molecule has 0 N–H and O–H groups in total. The van der Waals surface area contributed by atoms with Gasteiger partial charge in [-0.15, -0.1) is 0 Å². The van der Waals surface area contributed by atoms with E-state index in [1.54, 1.807) is 0 Å². The highest BCUT2D eigenvalue weighted by molar-refractivity contribution is 5.38. The lowest BCUT2D eigenvalue weighted by Gasteiger charge is -2.25. The molecule has 0 aromatic rings. The summed E-state index contributed by atoms with van der Waals surface area (Å²) in [5, 5.41) is 0. The molecule has 0 heterocycles. The van der Waals surface area contributed by atoms with Gasteiger partial charge >= 0.3 is 6.47 Å². The van der Waals surface area contributed by atoms with Crippen LogP contribution in [0.15, 0.2) is 0 Å². The van der Waals surface area contributed by atoms with Crippen LogP contribution in [0.4, 0.5) is 0 Å². The Bertz CT molecular complexity index is 121. The first kappa shape index (κ1) is 11.5.